The van der Waals surface area contributed by atoms with Crippen LogP contribution in [0.4, 0.5) is 24.8 Å². The SMILES string of the molecule is COC(=O)c1nc(N2CCN(c3nc(F)c(F)cc3F)CC2)c2sccc2n1. The van der Waals surface area contributed by atoms with E-state index in [0.29, 0.717) is 43.6 Å². The van der Waals surface area contributed by atoms with Crippen LogP contribution in [0.15, 0.2) is 17.5 Å². The summed E-state index contributed by atoms with van der Waals surface area (Å²) in [7, 11) is 1.26. The Kier molecular flexibility index (Phi) is 4.75. The Balaban J connectivity index is 1.60. The standard InChI is InChI=1S/C17H14F3N5O2S/c1-27-17(26)14-21-11-2-7-28-12(11)16(23-14)25-5-3-24(4-6-25)15-10(19)8-9(18)13(20)22-15/h2,7-8H,3-6H2,1H3. The van der Waals surface area contributed by atoms with Gasteiger partial charge in [-0.3, -0.25) is 0 Å². The Bertz CT molecular complexity index is 1050. The van der Waals surface area contributed by atoms with E-state index >= 15 is 0 Å². The van der Waals surface area contributed by atoms with E-state index < -0.39 is 23.6 Å². The molecule has 0 N–H and O–H groups in total. The minimum atomic E-state index is -1.34. The van der Waals surface area contributed by atoms with Crippen molar-refractivity contribution in [3.05, 3.63) is 40.9 Å². The van der Waals surface area contributed by atoms with Gasteiger partial charge in [0.25, 0.3) is 5.95 Å². The summed E-state index contributed by atoms with van der Waals surface area (Å²) in [5.41, 5.74) is 0.631. The number of halogens is 3. The molecule has 4 heterocycles. The third-order valence-electron chi connectivity index (χ3n) is 4.40. The minimum Gasteiger partial charge on any atom is -0.463 e. The lowest BCUT2D eigenvalue weighted by atomic mass is 10.3. The zero-order valence-electron chi connectivity index (χ0n) is 14.7. The van der Waals surface area contributed by atoms with E-state index in [1.807, 2.05) is 10.3 Å². The van der Waals surface area contributed by atoms with Gasteiger partial charge in [-0.15, -0.1) is 11.3 Å². The lowest BCUT2D eigenvalue weighted by Gasteiger charge is -2.36. The van der Waals surface area contributed by atoms with Crippen LogP contribution in [0.1, 0.15) is 10.6 Å². The Morgan fingerprint density at radius 3 is 2.39 bits per heavy atom. The molecule has 1 saturated heterocycles. The van der Waals surface area contributed by atoms with Crippen LogP contribution in [0, 0.1) is 17.6 Å². The van der Waals surface area contributed by atoms with Crippen molar-refractivity contribution in [1.29, 1.82) is 0 Å². The van der Waals surface area contributed by atoms with E-state index in [4.69, 9.17) is 4.74 Å². The number of hydrogen-bond donors (Lipinski definition) is 0. The predicted octanol–water partition coefficient (Wildman–Crippen LogP) is 2.62. The van der Waals surface area contributed by atoms with Crippen molar-refractivity contribution >= 4 is 39.2 Å². The number of methoxy groups -OCH3 is 1. The third kappa shape index (κ3) is 3.21. The molecule has 7 nitrogen and oxygen atoms in total. The van der Waals surface area contributed by atoms with Crippen molar-refractivity contribution in [2.45, 2.75) is 0 Å². The lowest BCUT2D eigenvalue weighted by molar-refractivity contribution is 0.0587. The lowest BCUT2D eigenvalue weighted by Crippen LogP contribution is -2.47. The highest BCUT2D eigenvalue weighted by atomic mass is 32.1. The van der Waals surface area contributed by atoms with Gasteiger partial charge in [0.1, 0.15) is 0 Å². The van der Waals surface area contributed by atoms with Crippen LogP contribution in [0.5, 0.6) is 0 Å². The molecule has 0 radical (unpaired) electrons. The van der Waals surface area contributed by atoms with Crippen molar-refractivity contribution in [3.63, 3.8) is 0 Å². The number of carbonyl (C=O) groups excluding carboxylic acids is 1. The van der Waals surface area contributed by atoms with E-state index in [0.717, 1.165) is 4.70 Å². The molecular weight excluding hydrogens is 395 g/mol. The number of hydrogen-bond acceptors (Lipinski definition) is 8. The summed E-state index contributed by atoms with van der Waals surface area (Å²) >= 11 is 1.44. The summed E-state index contributed by atoms with van der Waals surface area (Å²) in [5, 5.41) is 1.85. The van der Waals surface area contributed by atoms with Crippen molar-refractivity contribution in [2.75, 3.05) is 43.1 Å². The number of pyridine rings is 1. The number of esters is 1. The normalized spacial score (nSPS) is 14.6. The molecule has 1 aliphatic heterocycles. The summed E-state index contributed by atoms with van der Waals surface area (Å²) in [6.45, 7) is 1.48. The number of anilines is 2. The summed E-state index contributed by atoms with van der Waals surface area (Å²) in [6.07, 6.45) is 0. The first-order chi connectivity index (χ1) is 13.5. The monoisotopic (exact) mass is 409 g/mol. The van der Waals surface area contributed by atoms with Crippen molar-refractivity contribution < 1.29 is 22.7 Å². The average molecular weight is 409 g/mol. The maximum Gasteiger partial charge on any atom is 0.376 e. The Morgan fingerprint density at radius 1 is 1.04 bits per heavy atom. The molecule has 146 valence electrons. The fourth-order valence-electron chi connectivity index (χ4n) is 3.03. The van der Waals surface area contributed by atoms with Gasteiger partial charge in [0, 0.05) is 32.2 Å². The summed E-state index contributed by atoms with van der Waals surface area (Å²) in [4.78, 5) is 27.3. The molecule has 0 bridgehead atoms. The molecule has 4 rings (SSSR count). The zero-order valence-corrected chi connectivity index (χ0v) is 15.5. The van der Waals surface area contributed by atoms with Crippen molar-refractivity contribution in [3.8, 4) is 0 Å². The second-order valence-electron chi connectivity index (χ2n) is 6.04. The van der Waals surface area contributed by atoms with Crippen LogP contribution >= 0.6 is 11.3 Å². The highest BCUT2D eigenvalue weighted by molar-refractivity contribution is 7.17. The smallest absolute Gasteiger partial charge is 0.376 e. The van der Waals surface area contributed by atoms with Crippen molar-refractivity contribution in [1.82, 2.24) is 15.0 Å². The first-order valence-corrected chi connectivity index (χ1v) is 9.21. The fraction of sp³-hybridized carbons (Fsp3) is 0.294. The second-order valence-corrected chi connectivity index (χ2v) is 6.95. The van der Waals surface area contributed by atoms with Crippen LogP contribution in [-0.2, 0) is 4.74 Å². The first-order valence-electron chi connectivity index (χ1n) is 8.33. The number of nitrogens with zero attached hydrogens (tertiary/aromatic N) is 5. The Labute approximate surface area is 161 Å². The van der Waals surface area contributed by atoms with Gasteiger partial charge < -0.3 is 14.5 Å². The quantitative estimate of drug-likeness (QED) is 0.486. The van der Waals surface area contributed by atoms with Crippen LogP contribution in [-0.4, -0.2) is 54.2 Å². The van der Waals surface area contributed by atoms with Gasteiger partial charge in [0.05, 0.1) is 17.3 Å². The van der Waals surface area contributed by atoms with Gasteiger partial charge in [-0.1, -0.05) is 0 Å². The fourth-order valence-corrected chi connectivity index (χ4v) is 3.88. The molecule has 11 heteroatoms. The maximum atomic E-state index is 14.0. The highest BCUT2D eigenvalue weighted by Gasteiger charge is 2.26. The van der Waals surface area contributed by atoms with E-state index in [1.165, 1.54) is 18.4 Å². The average Bonchev–Trinajstić information content (AvgIpc) is 3.18. The topological polar surface area (TPSA) is 71.5 Å². The number of rotatable bonds is 3. The molecule has 0 saturated carbocycles. The minimum absolute atomic E-state index is 0.0425. The molecule has 0 amide bonds. The second kappa shape index (κ2) is 7.23. The van der Waals surface area contributed by atoms with Gasteiger partial charge in [0.2, 0.25) is 5.82 Å². The van der Waals surface area contributed by atoms with E-state index in [9.17, 15) is 18.0 Å². The van der Waals surface area contributed by atoms with E-state index in [1.54, 1.807) is 11.0 Å². The highest BCUT2D eigenvalue weighted by Crippen LogP contribution is 2.30. The summed E-state index contributed by atoms with van der Waals surface area (Å²) < 4.78 is 46.0. The first kappa shape index (κ1) is 18.4. The van der Waals surface area contributed by atoms with Gasteiger partial charge in [-0.2, -0.15) is 9.37 Å². The maximum absolute atomic E-state index is 14.0. The summed E-state index contributed by atoms with van der Waals surface area (Å²) in [6, 6.07) is 2.28. The number of fused-ring (bicyclic) bond motifs is 1. The molecule has 1 aliphatic rings. The number of ether oxygens (including phenoxy) is 1. The number of carbonyl (C=O) groups is 1. The van der Waals surface area contributed by atoms with Gasteiger partial charge in [0.15, 0.2) is 23.3 Å². The van der Waals surface area contributed by atoms with Crippen LogP contribution in [0.3, 0.4) is 0 Å². The van der Waals surface area contributed by atoms with E-state index in [-0.39, 0.29) is 11.6 Å². The van der Waals surface area contributed by atoms with Crippen molar-refractivity contribution in [2.24, 2.45) is 0 Å². The molecule has 3 aromatic rings. The van der Waals surface area contributed by atoms with Gasteiger partial charge in [-0.25, -0.2) is 23.5 Å². The molecule has 0 atom stereocenters. The molecule has 0 unspecified atom stereocenters. The zero-order chi connectivity index (χ0) is 19.8. The molecular formula is C17H14F3N5O2S. The van der Waals surface area contributed by atoms with Crippen LogP contribution in [0.2, 0.25) is 0 Å². The summed E-state index contributed by atoms with van der Waals surface area (Å²) in [5.74, 6) is -3.89. The third-order valence-corrected chi connectivity index (χ3v) is 5.30. The Morgan fingerprint density at radius 2 is 1.71 bits per heavy atom. The largest absolute Gasteiger partial charge is 0.463 e. The molecule has 0 spiro atoms. The Hall–Kier alpha value is -2.95. The van der Waals surface area contributed by atoms with Crippen LogP contribution < -0.4 is 9.80 Å². The number of piperazine rings is 1. The van der Waals surface area contributed by atoms with Crippen LogP contribution in [0.25, 0.3) is 10.2 Å². The molecule has 3 aromatic heterocycles. The van der Waals surface area contributed by atoms with Gasteiger partial charge >= 0.3 is 5.97 Å². The molecule has 0 aliphatic carbocycles. The molecule has 1 fully saturated rings. The number of aromatic nitrogens is 3. The number of thiophene rings is 1. The molecule has 28 heavy (non-hydrogen) atoms. The molecule has 0 aromatic carbocycles. The van der Waals surface area contributed by atoms with Gasteiger partial charge in [-0.05, 0) is 11.4 Å². The predicted molar refractivity (Wildman–Crippen MR) is 97.3 cm³/mol. The van der Waals surface area contributed by atoms with E-state index in [2.05, 4.69) is 15.0 Å².